The molecule has 22 heavy (non-hydrogen) atoms. The zero-order chi connectivity index (χ0) is 15.3. The van der Waals surface area contributed by atoms with Crippen LogP contribution in [0.25, 0.3) is 0 Å². The van der Waals surface area contributed by atoms with Gasteiger partial charge in [0.25, 0.3) is 0 Å². The lowest BCUT2D eigenvalue weighted by atomic mass is 10.1. The fourth-order valence-electron chi connectivity index (χ4n) is 2.48. The highest BCUT2D eigenvalue weighted by molar-refractivity contribution is 14.0. The smallest absolute Gasteiger partial charge is 0.193 e. The standard InChI is InChI=1S/C15H23N3O2S.HI/c1-2-12-6-5-7-13(10-12)18-15(16)17-11-14-8-3-4-9-21(14,19)20;/h5-7,10,14H,2-4,8-9,11H2,1H3,(H3,16,17,18);1H. The maximum atomic E-state index is 11.9. The first kappa shape index (κ1) is 19.2. The molecule has 5 nitrogen and oxygen atoms in total. The number of sulfone groups is 1. The highest BCUT2D eigenvalue weighted by Gasteiger charge is 2.28. The van der Waals surface area contributed by atoms with Gasteiger partial charge in [0.15, 0.2) is 15.8 Å². The molecule has 0 saturated carbocycles. The molecule has 2 rings (SSSR count). The summed E-state index contributed by atoms with van der Waals surface area (Å²) in [7, 11) is -2.99. The third-order valence-corrected chi connectivity index (χ3v) is 6.04. The van der Waals surface area contributed by atoms with Crippen molar-refractivity contribution in [3.63, 3.8) is 0 Å². The second kappa shape index (κ2) is 8.71. The SMILES string of the molecule is CCc1cccc(NC(N)=NCC2CCCCS2(=O)=O)c1.I. The zero-order valence-electron chi connectivity index (χ0n) is 12.8. The molecule has 0 radical (unpaired) electrons. The molecule has 0 bridgehead atoms. The Hall–Kier alpha value is -0.830. The number of aliphatic imine (C=N–C) groups is 1. The quantitative estimate of drug-likeness (QED) is 0.431. The van der Waals surface area contributed by atoms with E-state index in [4.69, 9.17) is 5.73 Å². The number of nitrogens with two attached hydrogens (primary N) is 1. The number of aryl methyl sites for hydroxylation is 1. The van der Waals surface area contributed by atoms with Crippen LogP contribution in [0.5, 0.6) is 0 Å². The van der Waals surface area contributed by atoms with E-state index in [-0.39, 0.29) is 47.5 Å². The lowest BCUT2D eigenvalue weighted by Crippen LogP contribution is -2.32. The van der Waals surface area contributed by atoms with Crippen LogP contribution in [0, 0.1) is 0 Å². The van der Waals surface area contributed by atoms with Gasteiger partial charge in [0.1, 0.15) is 0 Å². The fraction of sp³-hybridized carbons (Fsp3) is 0.533. The van der Waals surface area contributed by atoms with E-state index in [2.05, 4.69) is 17.2 Å². The lowest BCUT2D eigenvalue weighted by molar-refractivity contribution is 0.541. The van der Waals surface area contributed by atoms with Crippen LogP contribution in [-0.2, 0) is 16.3 Å². The Kier molecular flexibility index (Phi) is 7.61. The van der Waals surface area contributed by atoms with Crippen LogP contribution in [0.3, 0.4) is 0 Å². The molecular formula is C15H24IN3O2S. The number of hydrogen-bond acceptors (Lipinski definition) is 3. The van der Waals surface area contributed by atoms with Crippen molar-refractivity contribution < 1.29 is 8.42 Å². The molecule has 0 amide bonds. The van der Waals surface area contributed by atoms with Gasteiger partial charge in [-0.05, 0) is 37.0 Å². The summed E-state index contributed by atoms with van der Waals surface area (Å²) in [5.74, 6) is 0.544. The molecule has 1 aromatic rings. The van der Waals surface area contributed by atoms with Gasteiger partial charge in [0, 0.05) is 5.69 Å². The molecule has 3 N–H and O–H groups in total. The molecule has 1 aliphatic heterocycles. The Labute approximate surface area is 149 Å². The van der Waals surface area contributed by atoms with Gasteiger partial charge in [0.2, 0.25) is 0 Å². The van der Waals surface area contributed by atoms with Gasteiger partial charge in [-0.25, -0.2) is 8.42 Å². The first-order chi connectivity index (χ1) is 10.0. The molecule has 7 heteroatoms. The molecule has 0 aromatic heterocycles. The minimum Gasteiger partial charge on any atom is -0.370 e. The average molecular weight is 437 g/mol. The second-order valence-electron chi connectivity index (χ2n) is 5.39. The molecule has 1 aromatic carbocycles. The topological polar surface area (TPSA) is 84.5 Å². The van der Waals surface area contributed by atoms with Crippen molar-refractivity contribution in [1.29, 1.82) is 0 Å². The molecule has 1 unspecified atom stereocenters. The van der Waals surface area contributed by atoms with Crippen LogP contribution in [-0.4, -0.2) is 31.9 Å². The number of benzene rings is 1. The van der Waals surface area contributed by atoms with E-state index in [1.54, 1.807) is 0 Å². The summed E-state index contributed by atoms with van der Waals surface area (Å²) < 4.78 is 23.8. The molecule has 1 heterocycles. The largest absolute Gasteiger partial charge is 0.370 e. The van der Waals surface area contributed by atoms with Crippen LogP contribution in [0.4, 0.5) is 5.69 Å². The third-order valence-electron chi connectivity index (χ3n) is 3.79. The van der Waals surface area contributed by atoms with Gasteiger partial charge < -0.3 is 11.1 Å². The van der Waals surface area contributed by atoms with Crippen LogP contribution >= 0.6 is 24.0 Å². The summed E-state index contributed by atoms with van der Waals surface area (Å²) in [6.45, 7) is 2.33. The summed E-state index contributed by atoms with van der Waals surface area (Å²) in [6.07, 6.45) is 3.35. The Morgan fingerprint density at radius 3 is 2.86 bits per heavy atom. The highest BCUT2D eigenvalue weighted by Crippen LogP contribution is 2.19. The van der Waals surface area contributed by atoms with E-state index < -0.39 is 9.84 Å². The monoisotopic (exact) mass is 437 g/mol. The van der Waals surface area contributed by atoms with E-state index in [1.165, 1.54) is 5.56 Å². The van der Waals surface area contributed by atoms with Gasteiger partial charge in [-0.2, -0.15) is 0 Å². The Morgan fingerprint density at radius 2 is 2.18 bits per heavy atom. The van der Waals surface area contributed by atoms with Crippen molar-refractivity contribution >= 4 is 45.5 Å². The Morgan fingerprint density at radius 1 is 1.41 bits per heavy atom. The van der Waals surface area contributed by atoms with Crippen molar-refractivity contribution in [2.24, 2.45) is 10.7 Å². The fourth-order valence-corrected chi connectivity index (χ4v) is 4.25. The van der Waals surface area contributed by atoms with E-state index in [1.807, 2.05) is 24.3 Å². The van der Waals surface area contributed by atoms with Gasteiger partial charge in [-0.3, -0.25) is 4.99 Å². The zero-order valence-corrected chi connectivity index (χ0v) is 15.9. The van der Waals surface area contributed by atoms with Crippen LogP contribution < -0.4 is 11.1 Å². The molecule has 0 aliphatic carbocycles. The van der Waals surface area contributed by atoms with Crippen molar-refractivity contribution in [2.75, 3.05) is 17.6 Å². The number of nitrogens with zero attached hydrogens (tertiary/aromatic N) is 1. The van der Waals surface area contributed by atoms with E-state index in [9.17, 15) is 8.42 Å². The first-order valence-corrected chi connectivity index (χ1v) is 9.10. The summed E-state index contributed by atoms with van der Waals surface area (Å²) in [6, 6.07) is 7.94. The maximum absolute atomic E-state index is 11.9. The third kappa shape index (κ3) is 5.42. The highest BCUT2D eigenvalue weighted by atomic mass is 127. The van der Waals surface area contributed by atoms with Gasteiger partial charge in [-0.1, -0.05) is 25.5 Å². The summed E-state index contributed by atoms with van der Waals surface area (Å²) in [5.41, 5.74) is 7.93. The number of anilines is 1. The number of halogens is 1. The molecule has 1 atom stereocenters. The van der Waals surface area contributed by atoms with Crippen molar-refractivity contribution in [3.05, 3.63) is 29.8 Å². The average Bonchev–Trinajstić information content (AvgIpc) is 2.46. The normalized spacial score (nSPS) is 21.0. The van der Waals surface area contributed by atoms with E-state index in [0.29, 0.717) is 6.42 Å². The molecule has 1 aliphatic rings. The van der Waals surface area contributed by atoms with Crippen molar-refractivity contribution in [1.82, 2.24) is 0 Å². The number of guanidine groups is 1. The van der Waals surface area contributed by atoms with Crippen molar-refractivity contribution in [2.45, 2.75) is 37.9 Å². The van der Waals surface area contributed by atoms with E-state index >= 15 is 0 Å². The predicted octanol–water partition coefficient (Wildman–Crippen LogP) is 2.56. The molecule has 0 spiro atoms. The van der Waals surface area contributed by atoms with Gasteiger partial charge >= 0.3 is 0 Å². The van der Waals surface area contributed by atoms with Crippen LogP contribution in [0.2, 0.25) is 0 Å². The molecular weight excluding hydrogens is 413 g/mol. The van der Waals surface area contributed by atoms with Crippen molar-refractivity contribution in [3.8, 4) is 0 Å². The Bertz CT molecular complexity index is 617. The van der Waals surface area contributed by atoms with E-state index in [0.717, 1.165) is 24.9 Å². The van der Waals surface area contributed by atoms with Crippen LogP contribution in [0.1, 0.15) is 31.7 Å². The summed E-state index contributed by atoms with van der Waals surface area (Å²) in [4.78, 5) is 4.20. The minimum absolute atomic E-state index is 0. The summed E-state index contributed by atoms with van der Waals surface area (Å²) >= 11 is 0. The minimum atomic E-state index is -2.99. The first-order valence-electron chi connectivity index (χ1n) is 7.38. The second-order valence-corrected chi connectivity index (χ2v) is 7.79. The summed E-state index contributed by atoms with van der Waals surface area (Å²) in [5, 5.41) is 2.64. The van der Waals surface area contributed by atoms with Gasteiger partial charge in [0.05, 0.1) is 17.5 Å². The lowest BCUT2D eigenvalue weighted by Gasteiger charge is -2.20. The predicted molar refractivity (Wildman–Crippen MR) is 103 cm³/mol. The van der Waals surface area contributed by atoms with Gasteiger partial charge in [-0.15, -0.1) is 24.0 Å². The number of rotatable bonds is 4. The number of nitrogens with one attached hydrogen (secondary N) is 1. The maximum Gasteiger partial charge on any atom is 0.193 e. The number of hydrogen-bond donors (Lipinski definition) is 2. The molecule has 124 valence electrons. The van der Waals surface area contributed by atoms with Crippen LogP contribution in [0.15, 0.2) is 29.3 Å². The molecule has 1 fully saturated rings. The Balaban J connectivity index is 0.00000242. The molecule has 1 saturated heterocycles.